The van der Waals surface area contributed by atoms with Gasteiger partial charge in [-0.05, 0) is 42.8 Å². The molecule has 0 aromatic heterocycles. The van der Waals surface area contributed by atoms with Crippen molar-refractivity contribution in [2.45, 2.75) is 26.9 Å². The number of nitrogens with zero attached hydrogens (tertiary/aromatic N) is 1. The third-order valence-corrected chi connectivity index (χ3v) is 4.30. The number of aryl methyl sites for hydroxylation is 2. The van der Waals surface area contributed by atoms with Crippen molar-refractivity contribution in [1.82, 2.24) is 0 Å². The van der Waals surface area contributed by atoms with Crippen molar-refractivity contribution in [3.63, 3.8) is 0 Å². The minimum atomic E-state index is -0.0426. The van der Waals surface area contributed by atoms with Crippen LogP contribution in [0.3, 0.4) is 0 Å². The number of hydrogen-bond donors (Lipinski definition) is 1. The first kappa shape index (κ1) is 19.0. The number of thiocarbonyl (C=S) groups is 1. The Bertz CT molecular complexity index is 774. The fourth-order valence-corrected chi connectivity index (χ4v) is 2.67. The van der Waals surface area contributed by atoms with Gasteiger partial charge in [-0.15, -0.1) is 0 Å². The molecule has 0 bridgehead atoms. The maximum absolute atomic E-state index is 10.4. The Morgan fingerprint density at radius 1 is 1.32 bits per heavy atom. The van der Waals surface area contributed by atoms with Crippen LogP contribution in [0.4, 0.5) is 5.69 Å². The van der Waals surface area contributed by atoms with Crippen LogP contribution in [-0.4, -0.2) is 17.5 Å². The van der Waals surface area contributed by atoms with Crippen LogP contribution in [0.15, 0.2) is 43.0 Å². The highest BCUT2D eigenvalue weighted by atomic mass is 32.1. The smallest absolute Gasteiger partial charge is 0.288 e. The summed E-state index contributed by atoms with van der Waals surface area (Å²) in [7, 11) is 1.41. The van der Waals surface area contributed by atoms with Gasteiger partial charge in [-0.3, -0.25) is 5.21 Å². The molecule has 0 amide bonds. The highest BCUT2D eigenvalue weighted by Crippen LogP contribution is 2.28. The third-order valence-electron chi connectivity index (χ3n) is 3.96. The van der Waals surface area contributed by atoms with Crippen LogP contribution in [0, 0.1) is 6.92 Å². The average molecular weight is 357 g/mol. The molecule has 0 unspecified atom stereocenters. The fraction of sp³-hybridized carbons (Fsp3) is 0.250. The minimum Gasteiger partial charge on any atom is -0.489 e. The van der Waals surface area contributed by atoms with E-state index in [9.17, 15) is 5.21 Å². The van der Waals surface area contributed by atoms with Crippen LogP contribution in [0.1, 0.15) is 29.2 Å². The first-order valence-electron chi connectivity index (χ1n) is 8.05. The standard InChI is InChI=1S/C20H23NO3S/c1-5-15-10-11-18(14(3)12-15)24-13-17-9-7-8-16(6-2)19(17)21(22)20(25)23-4/h6-12,22H,2,5,13H2,1,3-4H3. The van der Waals surface area contributed by atoms with Gasteiger partial charge in [0.25, 0.3) is 5.17 Å². The molecule has 1 N–H and O–H groups in total. The lowest BCUT2D eigenvalue weighted by molar-refractivity contribution is 0.264. The molecular formula is C20H23NO3S. The Morgan fingerprint density at radius 3 is 2.68 bits per heavy atom. The lowest BCUT2D eigenvalue weighted by atomic mass is 10.1. The minimum absolute atomic E-state index is 0.0426. The first-order valence-corrected chi connectivity index (χ1v) is 8.46. The van der Waals surface area contributed by atoms with E-state index in [4.69, 9.17) is 21.7 Å². The number of methoxy groups -OCH3 is 1. The van der Waals surface area contributed by atoms with Crippen molar-refractivity contribution >= 4 is 29.2 Å². The summed E-state index contributed by atoms with van der Waals surface area (Å²) >= 11 is 5.03. The summed E-state index contributed by atoms with van der Waals surface area (Å²) < 4.78 is 10.9. The fourth-order valence-electron chi connectivity index (χ4n) is 2.58. The molecule has 0 fully saturated rings. The summed E-state index contributed by atoms with van der Waals surface area (Å²) in [6.07, 6.45) is 2.64. The van der Waals surface area contributed by atoms with Crippen LogP contribution in [-0.2, 0) is 17.8 Å². The number of benzene rings is 2. The van der Waals surface area contributed by atoms with Gasteiger partial charge >= 0.3 is 0 Å². The van der Waals surface area contributed by atoms with Crippen molar-refractivity contribution in [3.05, 3.63) is 65.2 Å². The molecule has 0 radical (unpaired) electrons. The van der Waals surface area contributed by atoms with E-state index in [1.807, 2.05) is 31.2 Å². The van der Waals surface area contributed by atoms with Crippen LogP contribution in [0.2, 0.25) is 0 Å². The molecule has 0 heterocycles. The SMILES string of the molecule is C=Cc1cccc(COc2ccc(CC)cc2C)c1N(O)C(=S)OC. The lowest BCUT2D eigenvalue weighted by Crippen LogP contribution is -2.28. The largest absolute Gasteiger partial charge is 0.489 e. The van der Waals surface area contributed by atoms with E-state index in [-0.39, 0.29) is 11.8 Å². The van der Waals surface area contributed by atoms with Gasteiger partial charge in [-0.1, -0.05) is 49.9 Å². The quantitative estimate of drug-likeness (QED) is 0.588. The number of anilines is 1. The Kier molecular flexibility index (Phi) is 6.56. The van der Waals surface area contributed by atoms with Gasteiger partial charge in [0.15, 0.2) is 0 Å². The van der Waals surface area contributed by atoms with Crippen molar-refractivity contribution in [1.29, 1.82) is 0 Å². The maximum Gasteiger partial charge on any atom is 0.288 e. The van der Waals surface area contributed by atoms with E-state index in [1.165, 1.54) is 12.7 Å². The normalized spacial score (nSPS) is 10.2. The van der Waals surface area contributed by atoms with Gasteiger partial charge in [-0.2, -0.15) is 5.06 Å². The summed E-state index contributed by atoms with van der Waals surface area (Å²) in [4.78, 5) is 0. The van der Waals surface area contributed by atoms with Crippen molar-refractivity contribution in [2.24, 2.45) is 0 Å². The van der Waals surface area contributed by atoms with E-state index >= 15 is 0 Å². The monoisotopic (exact) mass is 357 g/mol. The second-order valence-corrected chi connectivity index (χ2v) is 5.93. The van der Waals surface area contributed by atoms with Crippen LogP contribution in [0.25, 0.3) is 6.08 Å². The Hall–Kier alpha value is -2.37. The predicted octanol–water partition coefficient (Wildman–Crippen LogP) is 4.91. The number of hydroxylamine groups is 1. The number of ether oxygens (including phenoxy) is 2. The molecule has 0 aliphatic heterocycles. The van der Waals surface area contributed by atoms with E-state index in [2.05, 4.69) is 25.6 Å². The molecule has 2 aromatic rings. The van der Waals surface area contributed by atoms with Crippen molar-refractivity contribution in [2.75, 3.05) is 12.2 Å². The van der Waals surface area contributed by atoms with Gasteiger partial charge in [-0.25, -0.2) is 0 Å². The Morgan fingerprint density at radius 2 is 2.08 bits per heavy atom. The molecule has 0 atom stereocenters. The van der Waals surface area contributed by atoms with Gasteiger partial charge in [0.05, 0.1) is 12.8 Å². The molecule has 0 aliphatic rings. The first-order chi connectivity index (χ1) is 12.0. The zero-order chi connectivity index (χ0) is 18.4. The molecule has 0 spiro atoms. The molecule has 0 saturated heterocycles. The second kappa shape index (κ2) is 8.65. The predicted molar refractivity (Wildman–Crippen MR) is 105 cm³/mol. The molecule has 0 saturated carbocycles. The molecular weight excluding hydrogens is 334 g/mol. The Labute approximate surface area is 154 Å². The molecule has 5 heteroatoms. The molecule has 2 aromatic carbocycles. The molecule has 4 nitrogen and oxygen atoms in total. The van der Waals surface area contributed by atoms with E-state index in [0.717, 1.165) is 33.9 Å². The van der Waals surface area contributed by atoms with Gasteiger partial charge < -0.3 is 9.47 Å². The zero-order valence-corrected chi connectivity index (χ0v) is 15.6. The number of rotatable bonds is 6. The topological polar surface area (TPSA) is 41.9 Å². The van der Waals surface area contributed by atoms with Crippen LogP contribution < -0.4 is 9.80 Å². The highest BCUT2D eigenvalue weighted by molar-refractivity contribution is 7.80. The molecule has 25 heavy (non-hydrogen) atoms. The summed E-state index contributed by atoms with van der Waals surface area (Å²) in [6, 6.07) is 11.8. The summed E-state index contributed by atoms with van der Waals surface area (Å²) in [6.45, 7) is 8.22. The summed E-state index contributed by atoms with van der Waals surface area (Å²) in [5.74, 6) is 0.811. The van der Waals surface area contributed by atoms with Crippen molar-refractivity contribution < 1.29 is 14.7 Å². The summed E-state index contributed by atoms with van der Waals surface area (Å²) in [5.41, 5.74) is 4.37. The number of para-hydroxylation sites is 1. The molecule has 2 rings (SSSR count). The van der Waals surface area contributed by atoms with E-state index < -0.39 is 0 Å². The summed E-state index contributed by atoms with van der Waals surface area (Å²) in [5, 5.41) is 11.2. The van der Waals surface area contributed by atoms with Gasteiger partial charge in [0.2, 0.25) is 0 Å². The van der Waals surface area contributed by atoms with Gasteiger partial charge in [0, 0.05) is 11.1 Å². The zero-order valence-electron chi connectivity index (χ0n) is 14.8. The van der Waals surface area contributed by atoms with Crippen molar-refractivity contribution in [3.8, 4) is 5.75 Å². The third kappa shape index (κ3) is 4.38. The van der Waals surface area contributed by atoms with E-state index in [1.54, 1.807) is 6.08 Å². The van der Waals surface area contributed by atoms with Crippen LogP contribution >= 0.6 is 12.2 Å². The molecule has 132 valence electrons. The second-order valence-electron chi connectivity index (χ2n) is 5.58. The molecule has 0 aliphatic carbocycles. The lowest BCUT2D eigenvalue weighted by Gasteiger charge is -2.22. The highest BCUT2D eigenvalue weighted by Gasteiger charge is 2.18. The number of hydrogen-bond acceptors (Lipinski definition) is 4. The average Bonchev–Trinajstić information content (AvgIpc) is 2.65. The maximum atomic E-state index is 10.4. The Balaban J connectivity index is 2.30. The van der Waals surface area contributed by atoms with Gasteiger partial charge in [0.1, 0.15) is 12.4 Å². The van der Waals surface area contributed by atoms with Crippen LogP contribution in [0.5, 0.6) is 5.75 Å². The van der Waals surface area contributed by atoms with E-state index in [0.29, 0.717) is 5.69 Å².